The van der Waals surface area contributed by atoms with Gasteiger partial charge in [-0.1, -0.05) is 44.9 Å². The number of aromatic nitrogens is 1. The van der Waals surface area contributed by atoms with Gasteiger partial charge in [-0.05, 0) is 67.6 Å². The Morgan fingerprint density at radius 3 is 2.58 bits per heavy atom. The summed E-state index contributed by atoms with van der Waals surface area (Å²) in [6.45, 7) is 1.84. The van der Waals surface area contributed by atoms with Crippen LogP contribution in [0.15, 0.2) is 81.1 Å². The topological polar surface area (TPSA) is 107 Å². The number of hydrogen-bond donors (Lipinski definition) is 1. The third kappa shape index (κ3) is 6.04. The van der Waals surface area contributed by atoms with Crippen LogP contribution in [0.4, 0.5) is 5.69 Å². The van der Waals surface area contributed by atoms with Crippen molar-refractivity contribution in [3.63, 3.8) is 0 Å². The number of anilines is 1. The Balaban J connectivity index is 1.68. The van der Waals surface area contributed by atoms with Crippen LogP contribution in [0.3, 0.4) is 0 Å². The van der Waals surface area contributed by atoms with Crippen LogP contribution < -0.4 is 9.52 Å². The van der Waals surface area contributed by atoms with Crippen LogP contribution in [-0.4, -0.2) is 31.5 Å². The fraction of sp³-hybridized carbons (Fsp3) is 0.125. The number of fused-ring (bicyclic) bond motifs is 1. The molecule has 0 atom stereocenters. The number of ether oxygens (including phenoxy) is 1. The molecule has 0 fully saturated rings. The summed E-state index contributed by atoms with van der Waals surface area (Å²) < 4.78 is 36.2. The molecule has 0 bridgehead atoms. The highest BCUT2D eigenvalue weighted by Crippen LogP contribution is 2.23. The van der Waals surface area contributed by atoms with E-state index in [1.54, 1.807) is 17.6 Å². The summed E-state index contributed by atoms with van der Waals surface area (Å²) in [5.74, 6) is -1.04. The summed E-state index contributed by atoms with van der Waals surface area (Å²) >= 11 is 10.5. The molecule has 0 aliphatic rings. The molecule has 1 aromatic heterocycles. The zero-order valence-corrected chi connectivity index (χ0v) is 22.7. The minimum atomic E-state index is -3.89. The fourth-order valence-electron chi connectivity index (χ4n) is 3.32. The number of esters is 1. The van der Waals surface area contributed by atoms with Crippen molar-refractivity contribution in [2.45, 2.75) is 18.4 Å². The van der Waals surface area contributed by atoms with Gasteiger partial charge in [-0.25, -0.2) is 8.42 Å². The van der Waals surface area contributed by atoms with E-state index in [9.17, 15) is 18.0 Å². The van der Waals surface area contributed by atoms with Crippen LogP contribution in [0.25, 0.3) is 10.2 Å². The highest BCUT2D eigenvalue weighted by Gasteiger charge is 2.16. The van der Waals surface area contributed by atoms with Gasteiger partial charge >= 0.3 is 5.97 Å². The molecule has 36 heavy (non-hydrogen) atoms. The van der Waals surface area contributed by atoms with Crippen molar-refractivity contribution in [3.8, 4) is 0 Å². The minimum absolute atomic E-state index is 0.0322. The predicted octanol–water partition coefficient (Wildman–Crippen LogP) is 5.22. The second-order valence-electron chi connectivity index (χ2n) is 7.45. The summed E-state index contributed by atoms with van der Waals surface area (Å²) in [7, 11) is -3.89. The molecule has 3 aromatic carbocycles. The van der Waals surface area contributed by atoms with E-state index in [-0.39, 0.29) is 29.3 Å². The van der Waals surface area contributed by atoms with Crippen molar-refractivity contribution >= 4 is 76.7 Å². The van der Waals surface area contributed by atoms with Crippen molar-refractivity contribution in [1.29, 1.82) is 0 Å². The first-order chi connectivity index (χ1) is 17.2. The number of amides is 1. The van der Waals surface area contributed by atoms with Gasteiger partial charge in [0, 0.05) is 20.7 Å². The Kier molecular flexibility index (Phi) is 7.94. The Hall–Kier alpha value is -2.99. The van der Waals surface area contributed by atoms with E-state index in [0.717, 1.165) is 14.7 Å². The van der Waals surface area contributed by atoms with E-state index < -0.39 is 21.9 Å². The Bertz CT molecular complexity index is 1630. The highest BCUT2D eigenvalue weighted by molar-refractivity contribution is 9.10. The Morgan fingerprint density at radius 2 is 1.86 bits per heavy atom. The van der Waals surface area contributed by atoms with Gasteiger partial charge in [0.15, 0.2) is 4.80 Å². The molecule has 0 aliphatic heterocycles. The van der Waals surface area contributed by atoms with Crippen LogP contribution in [0, 0.1) is 0 Å². The lowest BCUT2D eigenvalue weighted by Gasteiger charge is -2.09. The van der Waals surface area contributed by atoms with Gasteiger partial charge < -0.3 is 9.30 Å². The number of benzene rings is 3. The molecule has 0 saturated carbocycles. The largest absolute Gasteiger partial charge is 0.465 e. The van der Waals surface area contributed by atoms with Crippen molar-refractivity contribution in [2.75, 3.05) is 11.3 Å². The molecule has 0 spiro atoms. The van der Waals surface area contributed by atoms with Gasteiger partial charge in [-0.15, -0.1) is 0 Å². The van der Waals surface area contributed by atoms with Crippen molar-refractivity contribution in [1.82, 2.24) is 4.57 Å². The van der Waals surface area contributed by atoms with Crippen LogP contribution in [0.5, 0.6) is 0 Å². The first-order valence-corrected chi connectivity index (χ1v) is 14.1. The van der Waals surface area contributed by atoms with Gasteiger partial charge in [-0.2, -0.15) is 4.99 Å². The summed E-state index contributed by atoms with van der Waals surface area (Å²) in [5, 5.41) is 0.414. The van der Waals surface area contributed by atoms with E-state index >= 15 is 0 Å². The van der Waals surface area contributed by atoms with Gasteiger partial charge in [0.05, 0.1) is 21.7 Å². The van der Waals surface area contributed by atoms with Gasteiger partial charge in [0.1, 0.15) is 6.54 Å². The average molecular weight is 609 g/mol. The Morgan fingerprint density at radius 1 is 1.11 bits per heavy atom. The van der Waals surface area contributed by atoms with Crippen LogP contribution >= 0.6 is 38.9 Å². The third-order valence-corrected chi connectivity index (χ3v) is 8.10. The van der Waals surface area contributed by atoms with Crippen molar-refractivity contribution in [2.24, 2.45) is 4.99 Å². The second kappa shape index (κ2) is 11.0. The van der Waals surface area contributed by atoms with Crippen molar-refractivity contribution < 1.29 is 22.7 Å². The van der Waals surface area contributed by atoms with Crippen LogP contribution in [0.2, 0.25) is 5.02 Å². The molecule has 1 heterocycles. The van der Waals surface area contributed by atoms with E-state index in [1.807, 2.05) is 18.2 Å². The summed E-state index contributed by atoms with van der Waals surface area (Å²) in [6.07, 6.45) is 0. The molecule has 1 amide bonds. The summed E-state index contributed by atoms with van der Waals surface area (Å²) in [6, 6.07) is 17.3. The molecule has 4 rings (SSSR count). The molecule has 186 valence electrons. The quantitative estimate of drug-likeness (QED) is 0.290. The van der Waals surface area contributed by atoms with Gasteiger partial charge in [0.2, 0.25) is 0 Å². The maximum Gasteiger partial charge on any atom is 0.326 e. The van der Waals surface area contributed by atoms with Crippen LogP contribution in [-0.2, 0) is 26.1 Å². The molecule has 0 unspecified atom stereocenters. The normalized spacial score (nSPS) is 12.0. The number of carbonyl (C=O) groups excluding carboxylic acids is 2. The first-order valence-electron chi connectivity index (χ1n) is 10.6. The lowest BCUT2D eigenvalue weighted by molar-refractivity contribution is -0.143. The summed E-state index contributed by atoms with van der Waals surface area (Å²) in [5.41, 5.74) is 1.10. The highest BCUT2D eigenvalue weighted by atomic mass is 79.9. The molecule has 0 saturated heterocycles. The molecule has 12 heteroatoms. The zero-order chi connectivity index (χ0) is 25.9. The van der Waals surface area contributed by atoms with Gasteiger partial charge in [-0.3, -0.25) is 14.3 Å². The van der Waals surface area contributed by atoms with E-state index in [0.29, 0.717) is 9.82 Å². The SMILES string of the molecule is CCOC(=O)Cn1c(=NC(=O)c2cccc(NS(=O)(=O)c3ccc(Cl)cc3)c2)sc2cc(Br)ccc21. The lowest BCUT2D eigenvalue weighted by Crippen LogP contribution is -2.23. The fourth-order valence-corrected chi connectivity index (χ4v) is 6.07. The number of sulfonamides is 1. The number of rotatable bonds is 7. The number of hydrogen-bond acceptors (Lipinski definition) is 6. The number of nitrogens with one attached hydrogen (secondary N) is 1. The molecular formula is C24H19BrClN3O5S2. The number of carbonyl (C=O) groups is 2. The predicted molar refractivity (Wildman–Crippen MR) is 143 cm³/mol. The van der Waals surface area contributed by atoms with Gasteiger partial charge in [0.25, 0.3) is 15.9 Å². The minimum Gasteiger partial charge on any atom is -0.465 e. The van der Waals surface area contributed by atoms with Crippen molar-refractivity contribution in [3.05, 3.63) is 86.6 Å². The Labute approximate surface area is 224 Å². The zero-order valence-electron chi connectivity index (χ0n) is 18.8. The monoisotopic (exact) mass is 607 g/mol. The lowest BCUT2D eigenvalue weighted by atomic mass is 10.2. The number of nitrogens with zero attached hydrogens (tertiary/aromatic N) is 2. The standard InChI is InChI=1S/C24H19BrClN3O5S2/c1-2-34-22(30)14-29-20-11-6-16(25)13-21(20)35-24(29)27-23(31)15-4-3-5-18(12-15)28-36(32,33)19-9-7-17(26)8-10-19/h3-13,28H,2,14H2,1H3. The smallest absolute Gasteiger partial charge is 0.326 e. The third-order valence-electron chi connectivity index (χ3n) is 4.92. The van der Waals surface area contributed by atoms with Crippen LogP contribution in [0.1, 0.15) is 17.3 Å². The summed E-state index contributed by atoms with van der Waals surface area (Å²) in [4.78, 5) is 29.8. The molecule has 8 nitrogen and oxygen atoms in total. The molecular weight excluding hydrogens is 590 g/mol. The molecule has 0 radical (unpaired) electrons. The average Bonchev–Trinajstić information content (AvgIpc) is 3.15. The number of thiazole rings is 1. The maximum atomic E-state index is 13.1. The molecule has 4 aromatic rings. The molecule has 1 N–H and O–H groups in total. The van der Waals surface area contributed by atoms with E-state index in [2.05, 4.69) is 25.6 Å². The number of halogens is 2. The van der Waals surface area contributed by atoms with E-state index in [4.69, 9.17) is 16.3 Å². The molecule has 0 aliphatic carbocycles. The maximum absolute atomic E-state index is 13.1. The first kappa shape index (κ1) is 26.1. The second-order valence-corrected chi connectivity index (χ2v) is 11.5. The van der Waals surface area contributed by atoms with E-state index in [1.165, 1.54) is 53.8 Å².